The van der Waals surface area contributed by atoms with Gasteiger partial charge in [0.1, 0.15) is 10.4 Å². The number of nitrogens with zero attached hydrogens (tertiary/aromatic N) is 1. The molecule has 0 amide bonds. The van der Waals surface area contributed by atoms with E-state index in [1.807, 2.05) is 0 Å². The molecule has 26 heavy (non-hydrogen) atoms. The van der Waals surface area contributed by atoms with Crippen LogP contribution in [0.5, 0.6) is 5.75 Å². The van der Waals surface area contributed by atoms with Gasteiger partial charge in [0.15, 0.2) is 0 Å². The largest absolute Gasteiger partial charge is 0.426 e. The lowest BCUT2D eigenvalue weighted by Crippen LogP contribution is -2.25. The minimum atomic E-state index is -0.607. The summed E-state index contributed by atoms with van der Waals surface area (Å²) in [6, 6.07) is 8.43. The molecule has 0 fully saturated rings. The molecule has 3 aromatic rings. The van der Waals surface area contributed by atoms with Gasteiger partial charge in [0.25, 0.3) is 5.56 Å². The fourth-order valence-electron chi connectivity index (χ4n) is 2.25. The maximum Gasteiger partial charge on any atom is 0.316 e. The summed E-state index contributed by atoms with van der Waals surface area (Å²) < 4.78 is 5.65. The topological polar surface area (TPSA) is 102 Å². The molecule has 0 aliphatic rings. The molecular weight excluding hydrogens is 356 g/mol. The van der Waals surface area contributed by atoms with E-state index < -0.39 is 10.3 Å². The van der Waals surface area contributed by atoms with Gasteiger partial charge in [-0.15, -0.1) is 11.3 Å². The third-order valence-electron chi connectivity index (χ3n) is 3.71. The number of nitrogens with one attached hydrogen (secondary N) is 1. The summed E-state index contributed by atoms with van der Waals surface area (Å²) in [6.45, 7) is 5.31. The van der Waals surface area contributed by atoms with Gasteiger partial charge in [0, 0.05) is 4.88 Å². The molecule has 7 nitrogen and oxygen atoms in total. The number of rotatable bonds is 3. The maximum absolute atomic E-state index is 11.9. The third-order valence-corrected chi connectivity index (χ3v) is 4.91. The van der Waals surface area contributed by atoms with Crippen LogP contribution >= 0.6 is 11.3 Å². The van der Waals surface area contributed by atoms with E-state index in [-0.39, 0.29) is 22.6 Å². The second-order valence-electron chi connectivity index (χ2n) is 6.78. The van der Waals surface area contributed by atoms with Crippen molar-refractivity contribution < 1.29 is 14.5 Å². The van der Waals surface area contributed by atoms with Crippen molar-refractivity contribution in [1.82, 2.24) is 4.98 Å². The van der Waals surface area contributed by atoms with Gasteiger partial charge >= 0.3 is 11.7 Å². The molecule has 0 radical (unpaired) electrons. The van der Waals surface area contributed by atoms with Gasteiger partial charge < -0.3 is 9.72 Å². The molecule has 0 aliphatic carbocycles. The van der Waals surface area contributed by atoms with Crippen molar-refractivity contribution in [3.05, 3.63) is 57.0 Å². The Balaban J connectivity index is 1.96. The van der Waals surface area contributed by atoms with Gasteiger partial charge in [-0.25, -0.2) is 0 Å². The Bertz CT molecular complexity index is 1060. The zero-order valence-electron chi connectivity index (χ0n) is 14.4. The van der Waals surface area contributed by atoms with Crippen LogP contribution in [-0.4, -0.2) is 15.9 Å². The van der Waals surface area contributed by atoms with Crippen LogP contribution in [0.4, 0.5) is 5.69 Å². The van der Waals surface area contributed by atoms with E-state index in [1.165, 1.54) is 11.3 Å². The Morgan fingerprint density at radius 1 is 1.23 bits per heavy atom. The molecule has 0 bridgehead atoms. The first-order chi connectivity index (χ1) is 12.2. The summed E-state index contributed by atoms with van der Waals surface area (Å²) in [4.78, 5) is 37.6. The van der Waals surface area contributed by atoms with Crippen molar-refractivity contribution in [2.45, 2.75) is 20.8 Å². The van der Waals surface area contributed by atoms with E-state index in [9.17, 15) is 19.7 Å². The van der Waals surface area contributed by atoms with Crippen LogP contribution in [0.2, 0.25) is 0 Å². The van der Waals surface area contributed by atoms with Crippen LogP contribution in [-0.2, 0) is 4.79 Å². The number of carbonyl (C=O) groups is 1. The van der Waals surface area contributed by atoms with Crippen molar-refractivity contribution in [3.63, 3.8) is 0 Å². The number of carbonyl (C=O) groups excluding carboxylic acids is 1. The molecular formula is C18H16N2O5S. The van der Waals surface area contributed by atoms with E-state index in [0.29, 0.717) is 15.3 Å². The summed E-state index contributed by atoms with van der Waals surface area (Å²) in [6.07, 6.45) is 1.11. The Kier molecular flexibility index (Phi) is 4.37. The summed E-state index contributed by atoms with van der Waals surface area (Å²) in [5.41, 5.74) is -0.338. The van der Waals surface area contributed by atoms with Crippen LogP contribution in [0.1, 0.15) is 20.8 Å². The quantitative estimate of drug-likeness (QED) is 0.322. The first kappa shape index (κ1) is 17.8. The minimum Gasteiger partial charge on any atom is -0.426 e. The van der Waals surface area contributed by atoms with Crippen LogP contribution in [0.15, 0.2) is 41.3 Å². The Morgan fingerprint density at radius 3 is 2.46 bits per heavy atom. The van der Waals surface area contributed by atoms with E-state index in [2.05, 4.69) is 4.98 Å². The molecule has 3 rings (SSSR count). The number of esters is 1. The van der Waals surface area contributed by atoms with E-state index in [0.717, 1.165) is 11.8 Å². The summed E-state index contributed by atoms with van der Waals surface area (Å²) >= 11 is 1.17. The number of nitro groups is 1. The Morgan fingerprint density at radius 2 is 1.88 bits per heavy atom. The first-order valence-electron chi connectivity index (χ1n) is 7.79. The van der Waals surface area contributed by atoms with Crippen LogP contribution in [0.25, 0.3) is 20.5 Å². The molecule has 0 saturated carbocycles. The molecule has 2 aromatic heterocycles. The van der Waals surface area contributed by atoms with Gasteiger partial charge in [0.05, 0.1) is 21.9 Å². The second kappa shape index (κ2) is 6.38. The Hall–Kier alpha value is -3.00. The highest BCUT2D eigenvalue weighted by molar-refractivity contribution is 7.22. The molecule has 0 aliphatic heterocycles. The second-order valence-corrected chi connectivity index (χ2v) is 7.83. The zero-order valence-corrected chi connectivity index (χ0v) is 15.2. The lowest BCUT2D eigenvalue weighted by atomic mass is 9.97. The van der Waals surface area contributed by atoms with Gasteiger partial charge in [-0.1, -0.05) is 0 Å². The van der Waals surface area contributed by atoms with E-state index in [4.69, 9.17) is 4.74 Å². The lowest BCUT2D eigenvalue weighted by molar-refractivity contribution is -0.383. The predicted molar refractivity (Wildman–Crippen MR) is 99.6 cm³/mol. The highest BCUT2D eigenvalue weighted by atomic mass is 32.1. The number of fused-ring (bicyclic) bond motifs is 1. The molecule has 134 valence electrons. The standard InChI is InChI=1S/C18H16N2O5S/c1-18(2,3)17(22)25-11-6-4-10(5-7-11)14-8-12-15(26-14)13(20(23)24)9-19-16(12)21/h4-9H,1-3H3,(H,19,21). The number of ether oxygens (including phenoxy) is 1. The third kappa shape index (κ3) is 3.36. The molecule has 2 heterocycles. The number of H-pyrrole nitrogens is 1. The number of benzene rings is 1. The number of aromatic amines is 1. The van der Waals surface area contributed by atoms with Gasteiger partial charge in [-0.3, -0.25) is 19.7 Å². The zero-order chi connectivity index (χ0) is 19.1. The van der Waals surface area contributed by atoms with Crippen LogP contribution in [0, 0.1) is 15.5 Å². The molecule has 0 unspecified atom stereocenters. The fraction of sp³-hybridized carbons (Fsp3) is 0.222. The van der Waals surface area contributed by atoms with Gasteiger partial charge in [0.2, 0.25) is 0 Å². The normalized spacial score (nSPS) is 11.5. The number of pyridine rings is 1. The number of hydrogen-bond acceptors (Lipinski definition) is 6. The molecule has 0 spiro atoms. The molecule has 1 aromatic carbocycles. The highest BCUT2D eigenvalue weighted by Gasteiger charge is 2.24. The monoisotopic (exact) mass is 372 g/mol. The molecule has 0 atom stereocenters. The molecule has 8 heteroatoms. The number of thiophene rings is 1. The average Bonchev–Trinajstić information content (AvgIpc) is 3.00. The van der Waals surface area contributed by atoms with Crippen LogP contribution in [0.3, 0.4) is 0 Å². The number of aromatic nitrogens is 1. The first-order valence-corrected chi connectivity index (χ1v) is 8.61. The van der Waals surface area contributed by atoms with Gasteiger partial charge in [-0.2, -0.15) is 0 Å². The van der Waals surface area contributed by atoms with Gasteiger partial charge in [-0.05, 0) is 56.7 Å². The SMILES string of the molecule is CC(C)(C)C(=O)Oc1ccc(-c2cc3c(=O)[nH]cc([N+](=O)[O-])c3s2)cc1. The number of hydrogen-bond donors (Lipinski definition) is 1. The van der Waals surface area contributed by atoms with Crippen molar-refractivity contribution in [2.75, 3.05) is 0 Å². The minimum absolute atomic E-state index is 0.133. The molecule has 1 N–H and O–H groups in total. The van der Waals surface area contributed by atoms with Crippen molar-refractivity contribution in [1.29, 1.82) is 0 Å². The van der Waals surface area contributed by atoms with Crippen molar-refractivity contribution in [2.24, 2.45) is 5.41 Å². The maximum atomic E-state index is 11.9. The Labute approximate surface area is 152 Å². The van der Waals surface area contributed by atoms with E-state index >= 15 is 0 Å². The fourth-order valence-corrected chi connectivity index (χ4v) is 3.40. The summed E-state index contributed by atoms with van der Waals surface area (Å²) in [7, 11) is 0. The van der Waals surface area contributed by atoms with Crippen LogP contribution < -0.4 is 10.3 Å². The molecule has 0 saturated heterocycles. The van der Waals surface area contributed by atoms with Crippen molar-refractivity contribution >= 4 is 33.1 Å². The van der Waals surface area contributed by atoms with Crippen molar-refractivity contribution in [3.8, 4) is 16.2 Å². The lowest BCUT2D eigenvalue weighted by Gasteiger charge is -2.16. The average molecular weight is 372 g/mol. The summed E-state index contributed by atoms with van der Waals surface area (Å²) in [5.74, 6) is 0.0767. The summed E-state index contributed by atoms with van der Waals surface area (Å²) in [5, 5.41) is 11.4. The highest BCUT2D eigenvalue weighted by Crippen LogP contribution is 2.37. The predicted octanol–water partition coefficient (Wildman–Crippen LogP) is 4.12. The smallest absolute Gasteiger partial charge is 0.316 e. The van der Waals surface area contributed by atoms with E-state index in [1.54, 1.807) is 51.1 Å².